The minimum Gasteiger partial charge on any atom is -0.393 e. The summed E-state index contributed by atoms with van der Waals surface area (Å²) in [7, 11) is 0. The summed E-state index contributed by atoms with van der Waals surface area (Å²) in [6, 6.07) is 0. The lowest BCUT2D eigenvalue weighted by molar-refractivity contribution is -0.248. The first kappa shape index (κ1) is 22.7. The number of fused-ring (bicyclic) bond motifs is 7. The molecule has 5 rings (SSSR count). The molecule has 0 spiro atoms. The van der Waals surface area contributed by atoms with Crippen LogP contribution in [0.25, 0.3) is 0 Å². The molecule has 0 heterocycles. The minimum atomic E-state index is -0.159. The van der Waals surface area contributed by atoms with E-state index in [1.165, 1.54) is 57.8 Å². The van der Waals surface area contributed by atoms with Crippen molar-refractivity contribution in [2.24, 2.45) is 56.7 Å². The van der Waals surface area contributed by atoms with Gasteiger partial charge in [0.25, 0.3) is 0 Å². The fourth-order valence-electron chi connectivity index (χ4n) is 11.5. The van der Waals surface area contributed by atoms with Gasteiger partial charge >= 0.3 is 0 Å². The van der Waals surface area contributed by atoms with Crippen molar-refractivity contribution in [3.05, 3.63) is 0 Å². The summed E-state index contributed by atoms with van der Waals surface area (Å²) in [6.07, 6.45) is 12.6. The minimum absolute atomic E-state index is 0.0418. The van der Waals surface area contributed by atoms with E-state index in [9.17, 15) is 10.2 Å². The average molecular weight is 431 g/mol. The summed E-state index contributed by atoms with van der Waals surface area (Å²) in [5.74, 6) is 3.41. The Hall–Kier alpha value is -0.0800. The van der Waals surface area contributed by atoms with E-state index in [1.54, 1.807) is 0 Å². The van der Waals surface area contributed by atoms with Crippen molar-refractivity contribution in [3.63, 3.8) is 0 Å². The number of aliphatic hydroxyl groups excluding tert-OH is 2. The van der Waals surface area contributed by atoms with E-state index in [0.29, 0.717) is 39.4 Å². The smallest absolute Gasteiger partial charge is 0.0594 e. The number of hydrogen-bond donors (Lipinski definition) is 2. The number of aliphatic hydroxyl groups is 2. The fraction of sp³-hybridized carbons (Fsp3) is 1.00. The first-order valence-electron chi connectivity index (χ1n) is 13.7. The molecule has 0 aromatic rings. The molecule has 0 aromatic heterocycles. The van der Waals surface area contributed by atoms with Crippen molar-refractivity contribution >= 4 is 0 Å². The molecular weight excluding hydrogens is 380 g/mol. The number of hydrogen-bond acceptors (Lipinski definition) is 2. The van der Waals surface area contributed by atoms with Gasteiger partial charge in [0.2, 0.25) is 0 Å². The Kier molecular flexibility index (Phi) is 4.94. The Balaban J connectivity index is 1.54. The van der Waals surface area contributed by atoms with Crippen molar-refractivity contribution in [1.29, 1.82) is 0 Å². The lowest BCUT2D eigenvalue weighted by atomic mass is 9.32. The molecule has 5 saturated carbocycles. The molecule has 0 radical (unpaired) electrons. The molecule has 0 saturated heterocycles. The summed E-state index contributed by atoms with van der Waals surface area (Å²) >= 11 is 0. The van der Waals surface area contributed by atoms with E-state index in [4.69, 9.17) is 0 Å². The zero-order valence-electron chi connectivity index (χ0n) is 21.5. The second-order valence-electron chi connectivity index (χ2n) is 14.7. The quantitative estimate of drug-likeness (QED) is 0.478. The monoisotopic (exact) mass is 430 g/mol. The van der Waals surface area contributed by atoms with Crippen LogP contribution in [-0.2, 0) is 0 Å². The normalized spacial score (nSPS) is 59.1. The molecule has 5 aliphatic carbocycles. The van der Waals surface area contributed by atoms with Crippen LogP contribution >= 0.6 is 0 Å². The summed E-state index contributed by atoms with van der Waals surface area (Å²) in [5, 5.41) is 21.6. The molecule has 2 heteroatoms. The third-order valence-corrected chi connectivity index (χ3v) is 13.5. The Bertz CT molecular complexity index is 728. The van der Waals surface area contributed by atoms with Crippen molar-refractivity contribution in [1.82, 2.24) is 0 Å². The van der Waals surface area contributed by atoms with Crippen molar-refractivity contribution in [2.75, 3.05) is 0 Å². The van der Waals surface area contributed by atoms with Crippen molar-refractivity contribution in [2.45, 2.75) is 125 Å². The Morgan fingerprint density at radius 3 is 2.10 bits per heavy atom. The summed E-state index contributed by atoms with van der Waals surface area (Å²) in [6.45, 7) is 17.3. The van der Waals surface area contributed by atoms with Crippen LogP contribution in [0, 0.1) is 56.7 Å². The van der Waals surface area contributed by atoms with E-state index < -0.39 is 0 Å². The van der Waals surface area contributed by atoms with Crippen LogP contribution in [0.3, 0.4) is 0 Å². The van der Waals surface area contributed by atoms with Crippen LogP contribution in [0.1, 0.15) is 113 Å². The van der Waals surface area contributed by atoms with Crippen LogP contribution in [0.2, 0.25) is 0 Å². The van der Waals surface area contributed by atoms with Gasteiger partial charge < -0.3 is 10.2 Å². The highest BCUT2D eigenvalue weighted by Gasteiger charge is 2.70. The fourth-order valence-corrected chi connectivity index (χ4v) is 11.5. The lowest BCUT2D eigenvalue weighted by Gasteiger charge is -2.73. The van der Waals surface area contributed by atoms with Gasteiger partial charge in [-0.25, -0.2) is 0 Å². The van der Waals surface area contributed by atoms with Crippen molar-refractivity contribution < 1.29 is 10.2 Å². The van der Waals surface area contributed by atoms with E-state index in [0.717, 1.165) is 18.3 Å². The van der Waals surface area contributed by atoms with Crippen LogP contribution in [-0.4, -0.2) is 22.4 Å². The topological polar surface area (TPSA) is 40.5 Å². The molecule has 11 atom stereocenters. The van der Waals surface area contributed by atoms with E-state index >= 15 is 0 Å². The molecular formula is C29H50O2. The molecule has 0 aromatic carbocycles. The van der Waals surface area contributed by atoms with E-state index in [-0.39, 0.29) is 17.6 Å². The Labute approximate surface area is 192 Å². The second kappa shape index (κ2) is 6.74. The lowest BCUT2D eigenvalue weighted by Crippen LogP contribution is -2.66. The van der Waals surface area contributed by atoms with Crippen LogP contribution in [0.5, 0.6) is 0 Å². The molecule has 0 bridgehead atoms. The first-order valence-corrected chi connectivity index (χ1v) is 13.7. The maximum atomic E-state index is 10.9. The molecule has 178 valence electrons. The van der Waals surface area contributed by atoms with Crippen LogP contribution < -0.4 is 0 Å². The van der Waals surface area contributed by atoms with E-state index in [2.05, 4.69) is 48.5 Å². The first-order chi connectivity index (χ1) is 14.3. The van der Waals surface area contributed by atoms with Gasteiger partial charge in [0.15, 0.2) is 0 Å². The highest BCUT2D eigenvalue weighted by atomic mass is 16.3. The van der Waals surface area contributed by atoms with Crippen molar-refractivity contribution in [3.8, 4) is 0 Å². The zero-order valence-corrected chi connectivity index (χ0v) is 21.5. The predicted molar refractivity (Wildman–Crippen MR) is 128 cm³/mol. The molecule has 0 amide bonds. The van der Waals surface area contributed by atoms with Gasteiger partial charge in [-0.15, -0.1) is 0 Å². The summed E-state index contributed by atoms with van der Waals surface area (Å²) < 4.78 is 0. The standard InChI is InChI=1S/C29H50O2/c1-18(30)19-10-13-26(4)16-17-28(6)20(24(19)26)8-9-22-27(5)14-12-23(31)25(2,3)21(27)11-15-29(22,28)7/h18-24,30-31H,8-17H2,1-7H3. The third-order valence-electron chi connectivity index (χ3n) is 13.5. The molecule has 11 unspecified atom stereocenters. The van der Waals surface area contributed by atoms with Gasteiger partial charge in [0, 0.05) is 0 Å². The molecule has 31 heavy (non-hydrogen) atoms. The maximum Gasteiger partial charge on any atom is 0.0594 e. The second-order valence-corrected chi connectivity index (χ2v) is 14.7. The summed E-state index contributed by atoms with van der Waals surface area (Å²) in [4.78, 5) is 0. The van der Waals surface area contributed by atoms with Gasteiger partial charge in [-0.1, -0.05) is 41.5 Å². The third kappa shape index (κ3) is 2.70. The van der Waals surface area contributed by atoms with Gasteiger partial charge in [-0.3, -0.25) is 0 Å². The Morgan fingerprint density at radius 2 is 1.42 bits per heavy atom. The average Bonchev–Trinajstić information content (AvgIpc) is 3.04. The van der Waals surface area contributed by atoms with Gasteiger partial charge in [0.1, 0.15) is 0 Å². The maximum absolute atomic E-state index is 10.9. The SMILES string of the molecule is CC(O)C1CCC2(C)CCC3(C)C(CCC4C5(C)CCC(O)C(C)(C)C5CCC43C)C12. The molecule has 5 fully saturated rings. The predicted octanol–water partition coefficient (Wildman–Crippen LogP) is 6.83. The molecule has 5 aliphatic rings. The van der Waals surface area contributed by atoms with Gasteiger partial charge in [-0.05, 0) is 128 Å². The van der Waals surface area contributed by atoms with E-state index in [1.807, 2.05) is 0 Å². The molecule has 2 N–H and O–H groups in total. The molecule has 2 nitrogen and oxygen atoms in total. The molecule has 0 aliphatic heterocycles. The number of rotatable bonds is 1. The Morgan fingerprint density at radius 1 is 0.710 bits per heavy atom. The van der Waals surface area contributed by atoms with Gasteiger partial charge in [-0.2, -0.15) is 0 Å². The van der Waals surface area contributed by atoms with Crippen LogP contribution in [0.15, 0.2) is 0 Å². The van der Waals surface area contributed by atoms with Gasteiger partial charge in [0.05, 0.1) is 12.2 Å². The largest absolute Gasteiger partial charge is 0.393 e. The van der Waals surface area contributed by atoms with Crippen LogP contribution in [0.4, 0.5) is 0 Å². The highest BCUT2D eigenvalue weighted by Crippen LogP contribution is 2.77. The summed E-state index contributed by atoms with van der Waals surface area (Å²) in [5.41, 5.74) is 1.65. The highest BCUT2D eigenvalue weighted by molar-refractivity contribution is 5.19. The zero-order chi connectivity index (χ0) is 22.6.